The minimum absolute atomic E-state index is 0.132. The molecule has 1 aromatic carbocycles. The number of aryl methyl sites for hydroxylation is 1. The van der Waals surface area contributed by atoms with Crippen LogP contribution < -0.4 is 4.74 Å². The van der Waals surface area contributed by atoms with Crippen molar-refractivity contribution < 1.29 is 18.6 Å². The van der Waals surface area contributed by atoms with Crippen LogP contribution >= 0.6 is 0 Å². The highest BCUT2D eigenvalue weighted by atomic mass is 19.1. The predicted octanol–water partition coefficient (Wildman–Crippen LogP) is 10.9. The number of hydrogen-bond acceptors (Lipinski definition) is 4. The molecule has 0 aliphatic carbocycles. The molecule has 236 valence electrons. The molecule has 2 aromatic rings. The Morgan fingerprint density at radius 1 is 0.738 bits per heavy atom. The maximum Gasteiger partial charge on any atom is 0.165 e. The van der Waals surface area contributed by atoms with Gasteiger partial charge in [-0.15, -0.1) is 0 Å². The Balaban J connectivity index is 1.27. The van der Waals surface area contributed by atoms with Crippen molar-refractivity contribution in [3.8, 4) is 17.0 Å². The molecule has 0 saturated carbocycles. The third-order valence-electron chi connectivity index (χ3n) is 8.48. The van der Waals surface area contributed by atoms with Crippen LogP contribution in [0.3, 0.4) is 0 Å². The fraction of sp³-hybridized carbons (Fsp3) is 0.703. The molecule has 5 heteroatoms. The molecule has 1 saturated heterocycles. The van der Waals surface area contributed by atoms with E-state index in [4.69, 9.17) is 14.2 Å². The minimum atomic E-state index is -0.328. The lowest BCUT2D eigenvalue weighted by Crippen LogP contribution is -2.32. The number of ether oxygens (including phenoxy) is 3. The third-order valence-corrected chi connectivity index (χ3v) is 8.48. The second-order valence-corrected chi connectivity index (χ2v) is 12.3. The van der Waals surface area contributed by atoms with Crippen LogP contribution in [0, 0.1) is 11.7 Å². The average Bonchev–Trinajstić information content (AvgIpc) is 3.02. The summed E-state index contributed by atoms with van der Waals surface area (Å²) in [6.45, 7) is 6.69. The second-order valence-electron chi connectivity index (χ2n) is 12.3. The number of halogens is 1. The first-order valence-corrected chi connectivity index (χ1v) is 17.3. The smallest absolute Gasteiger partial charge is 0.165 e. The number of pyridine rings is 1. The largest absolute Gasteiger partial charge is 0.491 e. The monoisotopic (exact) mass is 583 g/mol. The van der Waals surface area contributed by atoms with Crippen LogP contribution in [-0.4, -0.2) is 31.1 Å². The molecular formula is C37H58FNO3. The van der Waals surface area contributed by atoms with Gasteiger partial charge < -0.3 is 14.2 Å². The van der Waals surface area contributed by atoms with Crippen molar-refractivity contribution in [3.05, 3.63) is 47.9 Å². The standard InChI is InChI=1S/C37H58FNO3/c1-3-5-7-9-11-13-15-17-19-32-29-41-37(42-30-32)25-21-31-20-23-35(39-28-31)33-22-24-36(34(38)27-33)40-26-18-16-14-12-10-8-6-4-2/h20,22-24,27-28,32,37H,3-19,21,25-26,29-30H2,1-2H3/t32-,37-. The van der Waals surface area contributed by atoms with E-state index in [0.29, 0.717) is 18.3 Å². The normalized spacial score (nSPS) is 17.0. The van der Waals surface area contributed by atoms with Crippen molar-refractivity contribution in [2.75, 3.05) is 19.8 Å². The maximum absolute atomic E-state index is 14.7. The van der Waals surface area contributed by atoms with Crippen molar-refractivity contribution in [2.45, 2.75) is 142 Å². The first-order valence-electron chi connectivity index (χ1n) is 17.3. The first kappa shape index (κ1) is 34.5. The van der Waals surface area contributed by atoms with Crippen molar-refractivity contribution in [2.24, 2.45) is 5.92 Å². The number of unbranched alkanes of at least 4 members (excludes halogenated alkanes) is 14. The lowest BCUT2D eigenvalue weighted by molar-refractivity contribution is -0.203. The summed E-state index contributed by atoms with van der Waals surface area (Å²) in [4.78, 5) is 4.60. The Bertz CT molecular complexity index is 943. The molecule has 42 heavy (non-hydrogen) atoms. The predicted molar refractivity (Wildman–Crippen MR) is 172 cm³/mol. The van der Waals surface area contributed by atoms with Gasteiger partial charge in [-0.2, -0.15) is 0 Å². The highest BCUT2D eigenvalue weighted by Gasteiger charge is 2.21. The average molecular weight is 584 g/mol. The molecule has 4 nitrogen and oxygen atoms in total. The molecule has 0 spiro atoms. The van der Waals surface area contributed by atoms with E-state index in [1.807, 2.05) is 18.3 Å². The Morgan fingerprint density at radius 2 is 1.36 bits per heavy atom. The summed E-state index contributed by atoms with van der Waals surface area (Å²) in [5.41, 5.74) is 2.67. The van der Waals surface area contributed by atoms with Crippen LogP contribution in [-0.2, 0) is 15.9 Å². The van der Waals surface area contributed by atoms with Gasteiger partial charge in [0.15, 0.2) is 17.9 Å². The van der Waals surface area contributed by atoms with Gasteiger partial charge in [-0.1, -0.05) is 116 Å². The number of hydrogen-bond donors (Lipinski definition) is 0. The van der Waals surface area contributed by atoms with Gasteiger partial charge in [0.05, 0.1) is 25.5 Å². The fourth-order valence-corrected chi connectivity index (χ4v) is 5.71. The summed E-state index contributed by atoms with van der Waals surface area (Å²) in [7, 11) is 0. The lowest BCUT2D eigenvalue weighted by atomic mass is 10.0. The molecule has 0 unspecified atom stereocenters. The van der Waals surface area contributed by atoms with Crippen molar-refractivity contribution in [3.63, 3.8) is 0 Å². The van der Waals surface area contributed by atoms with E-state index in [0.717, 1.165) is 55.7 Å². The number of rotatable bonds is 23. The van der Waals surface area contributed by atoms with Crippen LogP contribution in [0.1, 0.15) is 135 Å². The molecule has 1 aliphatic rings. The quantitative estimate of drug-likeness (QED) is 0.122. The number of aromatic nitrogens is 1. The highest BCUT2D eigenvalue weighted by Crippen LogP contribution is 2.26. The fourth-order valence-electron chi connectivity index (χ4n) is 5.71. The van der Waals surface area contributed by atoms with E-state index in [1.54, 1.807) is 6.07 Å². The molecular weight excluding hydrogens is 525 g/mol. The Hall–Kier alpha value is -1.98. The zero-order valence-electron chi connectivity index (χ0n) is 26.7. The summed E-state index contributed by atoms with van der Waals surface area (Å²) < 4.78 is 32.4. The van der Waals surface area contributed by atoms with Gasteiger partial charge >= 0.3 is 0 Å². The van der Waals surface area contributed by atoms with Gasteiger partial charge in [0.25, 0.3) is 0 Å². The van der Waals surface area contributed by atoms with E-state index in [-0.39, 0.29) is 12.1 Å². The molecule has 0 bridgehead atoms. The van der Waals surface area contributed by atoms with E-state index in [2.05, 4.69) is 24.9 Å². The SMILES string of the molecule is CCCCCCCCCCOc1ccc(-c2ccc(CC[C@H]3OC[C@H](CCCCCCCCCC)CO3)cn2)cc1F. The van der Waals surface area contributed by atoms with Gasteiger partial charge in [-0.25, -0.2) is 4.39 Å². The molecule has 1 aliphatic heterocycles. The van der Waals surface area contributed by atoms with Gasteiger partial charge in [-0.05, 0) is 49.1 Å². The molecule has 1 aromatic heterocycles. The molecule has 0 N–H and O–H groups in total. The highest BCUT2D eigenvalue weighted by molar-refractivity contribution is 5.60. The summed E-state index contributed by atoms with van der Waals surface area (Å²) in [6.07, 6.45) is 25.4. The summed E-state index contributed by atoms with van der Waals surface area (Å²) >= 11 is 0. The lowest BCUT2D eigenvalue weighted by Gasteiger charge is -2.29. The topological polar surface area (TPSA) is 40.6 Å². The molecule has 0 radical (unpaired) electrons. The first-order chi connectivity index (χ1) is 20.7. The summed E-state index contributed by atoms with van der Waals surface area (Å²) in [5.74, 6) is 0.528. The summed E-state index contributed by atoms with van der Waals surface area (Å²) in [6, 6.07) is 9.18. The molecule has 2 heterocycles. The van der Waals surface area contributed by atoms with Gasteiger partial charge in [-0.3, -0.25) is 4.98 Å². The Morgan fingerprint density at radius 3 is 1.95 bits per heavy atom. The van der Waals surface area contributed by atoms with Crippen LogP contribution in [0.2, 0.25) is 0 Å². The maximum atomic E-state index is 14.7. The van der Waals surface area contributed by atoms with Crippen LogP contribution in [0.15, 0.2) is 36.5 Å². The van der Waals surface area contributed by atoms with Crippen molar-refractivity contribution in [1.82, 2.24) is 4.98 Å². The Kier molecular flexibility index (Phi) is 17.8. The number of nitrogens with zero attached hydrogens (tertiary/aromatic N) is 1. The molecule has 0 amide bonds. The summed E-state index contributed by atoms with van der Waals surface area (Å²) in [5, 5.41) is 0. The van der Waals surface area contributed by atoms with Gasteiger partial charge in [0, 0.05) is 24.1 Å². The second kappa shape index (κ2) is 21.7. The third kappa shape index (κ3) is 14.0. The van der Waals surface area contributed by atoms with E-state index in [1.165, 1.54) is 102 Å². The van der Waals surface area contributed by atoms with E-state index in [9.17, 15) is 4.39 Å². The van der Waals surface area contributed by atoms with E-state index < -0.39 is 0 Å². The van der Waals surface area contributed by atoms with Crippen LogP contribution in [0.5, 0.6) is 5.75 Å². The van der Waals surface area contributed by atoms with Gasteiger partial charge in [0.1, 0.15) is 0 Å². The number of benzene rings is 1. The minimum Gasteiger partial charge on any atom is -0.491 e. The Labute approximate surface area is 256 Å². The molecule has 0 atom stereocenters. The molecule has 3 rings (SSSR count). The van der Waals surface area contributed by atoms with Crippen molar-refractivity contribution in [1.29, 1.82) is 0 Å². The van der Waals surface area contributed by atoms with Crippen molar-refractivity contribution >= 4 is 0 Å². The van der Waals surface area contributed by atoms with Crippen LogP contribution in [0.4, 0.5) is 4.39 Å². The van der Waals surface area contributed by atoms with Crippen LogP contribution in [0.25, 0.3) is 11.3 Å². The molecule has 1 fully saturated rings. The zero-order valence-corrected chi connectivity index (χ0v) is 26.7. The zero-order chi connectivity index (χ0) is 29.7. The van der Waals surface area contributed by atoms with E-state index >= 15 is 0 Å². The van der Waals surface area contributed by atoms with Gasteiger partial charge in [0.2, 0.25) is 0 Å².